The van der Waals surface area contributed by atoms with Gasteiger partial charge in [0, 0.05) is 50.8 Å². The van der Waals surface area contributed by atoms with Crippen LogP contribution in [0.2, 0.25) is 0 Å². The first-order valence-electron chi connectivity index (χ1n) is 7.27. The molecule has 19 heavy (non-hydrogen) atoms. The molecule has 1 N–H and O–H groups in total. The molecule has 0 aliphatic carbocycles. The molecule has 0 saturated carbocycles. The summed E-state index contributed by atoms with van der Waals surface area (Å²) in [6, 6.07) is 3.04. The Balaban J connectivity index is 1.55. The second-order valence-corrected chi connectivity index (χ2v) is 5.39. The molecule has 0 aromatic carbocycles. The fourth-order valence-corrected chi connectivity index (χ4v) is 2.95. The van der Waals surface area contributed by atoms with Gasteiger partial charge in [0.1, 0.15) is 0 Å². The highest BCUT2D eigenvalue weighted by molar-refractivity contribution is 5.29. The van der Waals surface area contributed by atoms with E-state index in [1.165, 1.54) is 12.8 Å². The fraction of sp³-hybridized carbons (Fsp3) is 0.714. The molecule has 104 valence electrons. The van der Waals surface area contributed by atoms with E-state index >= 15 is 0 Å². The Morgan fingerprint density at radius 1 is 1.11 bits per heavy atom. The van der Waals surface area contributed by atoms with Crippen LogP contribution in [0.1, 0.15) is 25.7 Å². The van der Waals surface area contributed by atoms with Crippen LogP contribution in [-0.4, -0.2) is 48.4 Å². The molecule has 1 unspecified atom stereocenters. The monoisotopic (exact) mass is 262 g/mol. The molecule has 3 rings (SSSR count). The van der Waals surface area contributed by atoms with Crippen LogP contribution in [0.5, 0.6) is 0 Å². The number of hydrogen-bond donors (Lipinski definition) is 1. The summed E-state index contributed by atoms with van der Waals surface area (Å²) in [4.78, 5) is 11.0. The van der Waals surface area contributed by atoms with Gasteiger partial charge in [-0.15, -0.1) is 0 Å². The predicted molar refractivity (Wildman–Crippen MR) is 74.2 cm³/mol. The molecule has 3 heterocycles. The van der Waals surface area contributed by atoms with Crippen LogP contribution >= 0.6 is 0 Å². The first kappa shape index (κ1) is 12.8. The van der Waals surface area contributed by atoms with Gasteiger partial charge in [0.15, 0.2) is 0 Å². The lowest BCUT2D eigenvalue weighted by atomic mass is 10.0. The molecule has 5 nitrogen and oxygen atoms in total. The normalized spacial score (nSPS) is 25.5. The molecular formula is C14H22N4O. The molecule has 0 spiro atoms. The summed E-state index contributed by atoms with van der Waals surface area (Å²) in [5.74, 6) is 0.862. The molecule has 0 bridgehead atoms. The number of hydrogen-bond acceptors (Lipinski definition) is 5. The smallest absolute Gasteiger partial charge is 0.225 e. The van der Waals surface area contributed by atoms with Crippen LogP contribution in [0.15, 0.2) is 18.5 Å². The summed E-state index contributed by atoms with van der Waals surface area (Å²) in [5, 5.41) is 3.78. The minimum Gasteiger partial charge on any atom is -0.381 e. The van der Waals surface area contributed by atoms with Gasteiger partial charge in [-0.1, -0.05) is 0 Å². The van der Waals surface area contributed by atoms with Gasteiger partial charge < -0.3 is 15.0 Å². The number of ether oxygens (including phenoxy) is 1. The highest BCUT2D eigenvalue weighted by Crippen LogP contribution is 2.17. The third kappa shape index (κ3) is 3.42. The molecule has 1 aromatic heterocycles. The van der Waals surface area contributed by atoms with E-state index in [9.17, 15) is 0 Å². The van der Waals surface area contributed by atoms with E-state index in [4.69, 9.17) is 4.74 Å². The molecule has 1 aromatic rings. The van der Waals surface area contributed by atoms with Crippen LogP contribution in [0.4, 0.5) is 5.95 Å². The number of rotatable bonds is 3. The van der Waals surface area contributed by atoms with Crippen molar-refractivity contribution in [3.05, 3.63) is 18.5 Å². The van der Waals surface area contributed by atoms with Gasteiger partial charge in [0.25, 0.3) is 0 Å². The van der Waals surface area contributed by atoms with E-state index in [-0.39, 0.29) is 0 Å². The Bertz CT molecular complexity index is 380. The van der Waals surface area contributed by atoms with Gasteiger partial charge in [-0.05, 0) is 31.7 Å². The molecular weight excluding hydrogens is 240 g/mol. The lowest BCUT2D eigenvalue weighted by molar-refractivity contribution is 0.0742. The standard InChI is InChI=1S/C14H22N4O/c1-3-13(17-12-4-9-19-10-5-12)11-18(8-1)14-15-6-2-7-16-14/h2,6-7,12-13,17H,1,3-5,8-11H2. The molecule has 2 saturated heterocycles. The lowest BCUT2D eigenvalue weighted by Gasteiger charge is -2.36. The van der Waals surface area contributed by atoms with E-state index in [1.54, 1.807) is 0 Å². The summed E-state index contributed by atoms with van der Waals surface area (Å²) < 4.78 is 5.41. The van der Waals surface area contributed by atoms with Crippen molar-refractivity contribution in [1.82, 2.24) is 15.3 Å². The maximum Gasteiger partial charge on any atom is 0.225 e. The summed E-state index contributed by atoms with van der Waals surface area (Å²) in [7, 11) is 0. The van der Waals surface area contributed by atoms with Gasteiger partial charge in [-0.2, -0.15) is 0 Å². The Hall–Kier alpha value is -1.20. The number of anilines is 1. The molecule has 2 aliphatic rings. The van der Waals surface area contributed by atoms with Crippen LogP contribution in [0.25, 0.3) is 0 Å². The Morgan fingerprint density at radius 2 is 1.89 bits per heavy atom. The van der Waals surface area contributed by atoms with Crippen LogP contribution in [-0.2, 0) is 4.74 Å². The van der Waals surface area contributed by atoms with Gasteiger partial charge in [-0.3, -0.25) is 0 Å². The van der Waals surface area contributed by atoms with Gasteiger partial charge >= 0.3 is 0 Å². The number of piperidine rings is 1. The number of nitrogens with zero attached hydrogens (tertiary/aromatic N) is 3. The molecule has 0 radical (unpaired) electrons. The van der Waals surface area contributed by atoms with Crippen molar-refractivity contribution in [1.29, 1.82) is 0 Å². The highest BCUT2D eigenvalue weighted by Gasteiger charge is 2.24. The first-order chi connectivity index (χ1) is 9.42. The van der Waals surface area contributed by atoms with Crippen LogP contribution in [0, 0.1) is 0 Å². The van der Waals surface area contributed by atoms with Gasteiger partial charge in [0.05, 0.1) is 0 Å². The number of nitrogens with one attached hydrogen (secondary N) is 1. The average molecular weight is 262 g/mol. The topological polar surface area (TPSA) is 50.3 Å². The molecule has 5 heteroatoms. The van der Waals surface area contributed by atoms with Crippen molar-refractivity contribution in [2.24, 2.45) is 0 Å². The maximum atomic E-state index is 5.41. The van der Waals surface area contributed by atoms with E-state index in [0.29, 0.717) is 12.1 Å². The van der Waals surface area contributed by atoms with Crippen molar-refractivity contribution in [2.45, 2.75) is 37.8 Å². The van der Waals surface area contributed by atoms with E-state index in [0.717, 1.165) is 45.1 Å². The average Bonchev–Trinajstić information content (AvgIpc) is 2.49. The second kappa shape index (κ2) is 6.30. The first-order valence-corrected chi connectivity index (χ1v) is 7.27. The largest absolute Gasteiger partial charge is 0.381 e. The zero-order valence-electron chi connectivity index (χ0n) is 11.3. The predicted octanol–water partition coefficient (Wildman–Crippen LogP) is 1.21. The fourth-order valence-electron chi connectivity index (χ4n) is 2.95. The summed E-state index contributed by atoms with van der Waals surface area (Å²) in [6.45, 7) is 3.88. The quantitative estimate of drug-likeness (QED) is 0.887. The summed E-state index contributed by atoms with van der Waals surface area (Å²) in [5.41, 5.74) is 0. The molecule has 2 aliphatic heterocycles. The van der Waals surface area contributed by atoms with E-state index in [2.05, 4.69) is 20.2 Å². The Kier molecular flexibility index (Phi) is 4.25. The van der Waals surface area contributed by atoms with E-state index < -0.39 is 0 Å². The third-order valence-corrected chi connectivity index (χ3v) is 3.95. The summed E-state index contributed by atoms with van der Waals surface area (Å²) >= 11 is 0. The van der Waals surface area contributed by atoms with E-state index in [1.807, 2.05) is 18.5 Å². The molecule has 2 fully saturated rings. The Labute approximate surface area is 114 Å². The molecule has 0 amide bonds. The minimum atomic E-state index is 0.556. The SMILES string of the molecule is c1cnc(N2CCCC(NC3CCOCC3)C2)nc1. The van der Waals surface area contributed by atoms with Gasteiger partial charge in [0.2, 0.25) is 5.95 Å². The Morgan fingerprint density at radius 3 is 2.68 bits per heavy atom. The van der Waals surface area contributed by atoms with Crippen molar-refractivity contribution >= 4 is 5.95 Å². The van der Waals surface area contributed by atoms with Crippen molar-refractivity contribution < 1.29 is 4.74 Å². The maximum absolute atomic E-state index is 5.41. The molecule has 1 atom stereocenters. The van der Waals surface area contributed by atoms with Crippen LogP contribution < -0.4 is 10.2 Å². The van der Waals surface area contributed by atoms with Crippen molar-refractivity contribution in [2.75, 3.05) is 31.2 Å². The zero-order valence-corrected chi connectivity index (χ0v) is 11.3. The summed E-state index contributed by atoms with van der Waals surface area (Å²) in [6.07, 6.45) is 8.37. The van der Waals surface area contributed by atoms with Crippen LogP contribution in [0.3, 0.4) is 0 Å². The van der Waals surface area contributed by atoms with Gasteiger partial charge in [-0.25, -0.2) is 9.97 Å². The second-order valence-electron chi connectivity index (χ2n) is 5.39. The zero-order chi connectivity index (χ0) is 12.9. The van der Waals surface area contributed by atoms with Crippen molar-refractivity contribution in [3.8, 4) is 0 Å². The number of aromatic nitrogens is 2. The lowest BCUT2D eigenvalue weighted by Crippen LogP contribution is -2.50. The minimum absolute atomic E-state index is 0.556. The highest BCUT2D eigenvalue weighted by atomic mass is 16.5. The van der Waals surface area contributed by atoms with Crippen molar-refractivity contribution in [3.63, 3.8) is 0 Å². The third-order valence-electron chi connectivity index (χ3n) is 3.95.